The van der Waals surface area contributed by atoms with Gasteiger partial charge >= 0.3 is 11.9 Å². The van der Waals surface area contributed by atoms with Gasteiger partial charge < -0.3 is 19.1 Å². The van der Waals surface area contributed by atoms with Crippen LogP contribution >= 0.6 is 22.9 Å². The number of hydrogen-bond acceptors (Lipinski definition) is 8. The van der Waals surface area contributed by atoms with E-state index in [1.165, 1.54) is 47.6 Å². The zero-order chi connectivity index (χ0) is 24.9. The molecule has 4 rings (SSSR count). The lowest BCUT2D eigenvalue weighted by Gasteiger charge is -2.19. The number of hydrogen-bond donors (Lipinski definition) is 0. The van der Waals surface area contributed by atoms with E-state index in [1.54, 1.807) is 35.7 Å². The lowest BCUT2D eigenvalue weighted by Crippen LogP contribution is -2.27. The lowest BCUT2D eigenvalue weighted by molar-refractivity contribution is -0.147. The number of Topliss-reactive ketones (excluding diaryl/α,β-unsaturated/α-hetero) is 1. The third-order valence-electron chi connectivity index (χ3n) is 5.34. The van der Waals surface area contributed by atoms with Gasteiger partial charge in [0, 0.05) is 23.6 Å². The number of anilines is 1. The summed E-state index contributed by atoms with van der Waals surface area (Å²) >= 11 is 7.32. The predicted octanol–water partition coefficient (Wildman–Crippen LogP) is 4.41. The van der Waals surface area contributed by atoms with Crippen LogP contribution in [0.25, 0.3) is 0 Å². The molecule has 10 heteroatoms. The van der Waals surface area contributed by atoms with Crippen LogP contribution in [0.3, 0.4) is 0 Å². The molecule has 0 radical (unpaired) electrons. The van der Waals surface area contributed by atoms with Crippen molar-refractivity contribution in [3.63, 3.8) is 0 Å². The number of methoxy groups -OCH3 is 1. The van der Waals surface area contributed by atoms with Gasteiger partial charge in [-0.3, -0.25) is 14.4 Å². The number of halogens is 1. The monoisotopic (exact) mass is 513 g/mol. The molecule has 1 amide bonds. The number of carbonyl (C=O) groups excluding carboxylic acids is 4. The summed E-state index contributed by atoms with van der Waals surface area (Å²) < 4.78 is 15.7. The summed E-state index contributed by atoms with van der Waals surface area (Å²) in [6, 6.07) is 14.2. The van der Waals surface area contributed by atoms with Crippen LogP contribution in [0.5, 0.6) is 11.5 Å². The largest absolute Gasteiger partial charge is 0.495 e. The maximum atomic E-state index is 12.5. The average molecular weight is 514 g/mol. The highest BCUT2D eigenvalue weighted by molar-refractivity contribution is 7.12. The first-order valence-electron chi connectivity index (χ1n) is 10.5. The van der Waals surface area contributed by atoms with Crippen LogP contribution < -0.4 is 14.4 Å². The molecular formula is C25H20ClNO7S. The van der Waals surface area contributed by atoms with Crippen molar-refractivity contribution in [2.75, 3.05) is 25.2 Å². The normalized spacial score (nSPS) is 15.1. The molecule has 8 nitrogen and oxygen atoms in total. The highest BCUT2D eigenvalue weighted by Gasteiger charge is 2.37. The molecule has 1 saturated heterocycles. The Bertz CT molecular complexity index is 1260. The highest BCUT2D eigenvalue weighted by Crippen LogP contribution is 2.35. The number of carbonyl (C=O) groups is 4. The summed E-state index contributed by atoms with van der Waals surface area (Å²) in [5.41, 5.74) is 0.762. The summed E-state index contributed by atoms with van der Waals surface area (Å²) in [7, 11) is 1.48. The molecule has 0 N–H and O–H groups in total. The number of amides is 1. The average Bonchev–Trinajstić information content (AvgIpc) is 3.53. The first kappa shape index (κ1) is 24.4. The van der Waals surface area contributed by atoms with E-state index in [0.29, 0.717) is 26.9 Å². The Labute approximate surface area is 210 Å². The Morgan fingerprint density at radius 3 is 2.57 bits per heavy atom. The van der Waals surface area contributed by atoms with E-state index in [0.717, 1.165) is 0 Å². The SMILES string of the molecule is COc1ccc(Cl)cc1N1C[C@H](C(=O)OCC(=O)c2ccc(OC(=O)c3cccs3)cc2)CC1=O. The van der Waals surface area contributed by atoms with Gasteiger partial charge in [-0.05, 0) is 53.9 Å². The fraction of sp³-hybridized carbons (Fsp3) is 0.200. The van der Waals surface area contributed by atoms with Crippen molar-refractivity contribution in [3.8, 4) is 11.5 Å². The molecular weight excluding hydrogens is 494 g/mol. The molecule has 1 aliphatic heterocycles. The van der Waals surface area contributed by atoms with Crippen molar-refractivity contribution in [1.29, 1.82) is 0 Å². The van der Waals surface area contributed by atoms with Crippen molar-refractivity contribution >= 4 is 52.3 Å². The van der Waals surface area contributed by atoms with Gasteiger partial charge in [0.1, 0.15) is 16.4 Å². The quantitative estimate of drug-likeness (QED) is 0.250. The summed E-state index contributed by atoms with van der Waals surface area (Å²) in [6.45, 7) is -0.384. The highest BCUT2D eigenvalue weighted by atomic mass is 35.5. The Kier molecular flexibility index (Phi) is 7.48. The minimum absolute atomic E-state index is 0.0486. The first-order valence-corrected chi connectivity index (χ1v) is 11.8. The van der Waals surface area contributed by atoms with Crippen LogP contribution in [-0.4, -0.2) is 43.9 Å². The lowest BCUT2D eigenvalue weighted by atomic mass is 10.1. The summed E-state index contributed by atoms with van der Waals surface area (Å²) in [5.74, 6) is -1.80. The minimum Gasteiger partial charge on any atom is -0.495 e. The van der Waals surface area contributed by atoms with Crippen molar-refractivity contribution < 1.29 is 33.4 Å². The molecule has 0 spiro atoms. The molecule has 2 heterocycles. The topological polar surface area (TPSA) is 99.2 Å². The number of benzene rings is 2. The van der Waals surface area contributed by atoms with Gasteiger partial charge in [-0.15, -0.1) is 11.3 Å². The first-order chi connectivity index (χ1) is 16.9. The van der Waals surface area contributed by atoms with E-state index in [2.05, 4.69) is 0 Å². The predicted molar refractivity (Wildman–Crippen MR) is 129 cm³/mol. The number of thiophene rings is 1. The Morgan fingerprint density at radius 1 is 1.11 bits per heavy atom. The number of esters is 2. The number of ether oxygens (including phenoxy) is 3. The molecule has 1 atom stereocenters. The van der Waals surface area contributed by atoms with Gasteiger partial charge in [0.05, 0.1) is 18.7 Å². The second kappa shape index (κ2) is 10.7. The van der Waals surface area contributed by atoms with Gasteiger partial charge in [-0.2, -0.15) is 0 Å². The van der Waals surface area contributed by atoms with Crippen LogP contribution in [0.15, 0.2) is 60.0 Å². The fourth-order valence-corrected chi connectivity index (χ4v) is 4.34. The molecule has 1 aliphatic rings. The third kappa shape index (κ3) is 5.70. The van der Waals surface area contributed by atoms with E-state index in [1.807, 2.05) is 0 Å². The number of nitrogens with zero attached hydrogens (tertiary/aromatic N) is 1. The molecule has 0 saturated carbocycles. The Hall–Kier alpha value is -3.69. The van der Waals surface area contributed by atoms with Gasteiger partial charge in [0.2, 0.25) is 5.91 Å². The maximum Gasteiger partial charge on any atom is 0.353 e. The van der Waals surface area contributed by atoms with Crippen molar-refractivity contribution in [1.82, 2.24) is 0 Å². The molecule has 1 fully saturated rings. The van der Waals surface area contributed by atoms with Gasteiger partial charge in [0.15, 0.2) is 12.4 Å². The standard InChI is InChI=1S/C25H20ClNO7S/c1-32-21-9-6-17(26)12-19(21)27-13-16(11-23(27)29)24(30)33-14-20(28)15-4-7-18(8-5-15)34-25(31)22-3-2-10-35-22/h2-10,12,16H,11,13-14H2,1H3/t16-/m1/s1. The van der Waals surface area contributed by atoms with Crippen molar-refractivity contribution in [3.05, 3.63) is 75.4 Å². The van der Waals surface area contributed by atoms with E-state index in [-0.39, 0.29) is 24.6 Å². The number of rotatable bonds is 8. The van der Waals surface area contributed by atoms with E-state index < -0.39 is 30.2 Å². The number of ketones is 1. The molecule has 0 unspecified atom stereocenters. The summed E-state index contributed by atoms with van der Waals surface area (Å²) in [6.07, 6.45) is -0.0486. The third-order valence-corrected chi connectivity index (χ3v) is 6.43. The second-order valence-corrected chi connectivity index (χ2v) is 9.03. The zero-order valence-electron chi connectivity index (χ0n) is 18.6. The molecule has 180 valence electrons. The van der Waals surface area contributed by atoms with E-state index in [9.17, 15) is 19.2 Å². The smallest absolute Gasteiger partial charge is 0.353 e. The van der Waals surface area contributed by atoms with E-state index >= 15 is 0 Å². The van der Waals surface area contributed by atoms with Crippen LogP contribution in [0, 0.1) is 5.92 Å². The van der Waals surface area contributed by atoms with E-state index in [4.69, 9.17) is 25.8 Å². The fourth-order valence-electron chi connectivity index (χ4n) is 3.57. The second-order valence-electron chi connectivity index (χ2n) is 7.64. The van der Waals surface area contributed by atoms with Gasteiger partial charge in [0.25, 0.3) is 0 Å². The minimum atomic E-state index is -0.724. The van der Waals surface area contributed by atoms with Crippen LogP contribution in [0.2, 0.25) is 5.02 Å². The molecule has 2 aromatic carbocycles. The van der Waals surface area contributed by atoms with Crippen molar-refractivity contribution in [2.45, 2.75) is 6.42 Å². The zero-order valence-corrected chi connectivity index (χ0v) is 20.1. The Balaban J connectivity index is 1.31. The molecule has 0 bridgehead atoms. The Morgan fingerprint density at radius 2 is 1.89 bits per heavy atom. The molecule has 1 aromatic heterocycles. The van der Waals surface area contributed by atoms with Crippen LogP contribution in [0.4, 0.5) is 5.69 Å². The summed E-state index contributed by atoms with van der Waals surface area (Å²) in [5, 5.41) is 2.20. The van der Waals surface area contributed by atoms with Crippen LogP contribution in [-0.2, 0) is 14.3 Å². The van der Waals surface area contributed by atoms with Crippen LogP contribution in [0.1, 0.15) is 26.5 Å². The molecule has 3 aromatic rings. The maximum absolute atomic E-state index is 12.5. The molecule has 0 aliphatic carbocycles. The molecule has 35 heavy (non-hydrogen) atoms. The van der Waals surface area contributed by atoms with Gasteiger partial charge in [-0.1, -0.05) is 17.7 Å². The summed E-state index contributed by atoms with van der Waals surface area (Å²) in [4.78, 5) is 51.4. The van der Waals surface area contributed by atoms with Crippen molar-refractivity contribution in [2.24, 2.45) is 5.92 Å². The van der Waals surface area contributed by atoms with Gasteiger partial charge in [-0.25, -0.2) is 4.79 Å².